The molecule has 2 aromatic rings. The van der Waals surface area contributed by atoms with Gasteiger partial charge in [-0.05, 0) is 56.4 Å². The van der Waals surface area contributed by atoms with Crippen molar-refractivity contribution in [1.82, 2.24) is 10.6 Å². The van der Waals surface area contributed by atoms with Gasteiger partial charge in [-0.1, -0.05) is 11.6 Å². The summed E-state index contributed by atoms with van der Waals surface area (Å²) in [7, 11) is 0. The normalized spacial score (nSPS) is 18.1. The average molecular weight is 483 g/mol. The van der Waals surface area contributed by atoms with Crippen molar-refractivity contribution in [1.29, 1.82) is 0 Å². The van der Waals surface area contributed by atoms with Crippen LogP contribution >= 0.6 is 22.9 Å². The van der Waals surface area contributed by atoms with Crippen LogP contribution in [0.15, 0.2) is 24.3 Å². The molecule has 3 N–H and O–H groups in total. The number of carbonyl (C=O) groups is 3. The number of hydrogen-bond donors (Lipinski definition) is 3. The highest BCUT2D eigenvalue weighted by molar-refractivity contribution is 7.18. The Balaban J connectivity index is 1.44. The Morgan fingerprint density at radius 3 is 2.34 bits per heavy atom. The third-order valence-electron chi connectivity index (χ3n) is 5.29. The lowest BCUT2D eigenvalue weighted by Crippen LogP contribution is -2.34. The molecule has 0 radical (unpaired) electrons. The quantitative estimate of drug-likeness (QED) is 0.493. The van der Waals surface area contributed by atoms with E-state index in [-0.39, 0.29) is 36.6 Å². The van der Waals surface area contributed by atoms with Crippen LogP contribution in [0.2, 0.25) is 4.34 Å². The first kappa shape index (κ1) is 24.0. The zero-order valence-corrected chi connectivity index (χ0v) is 19.0. The van der Waals surface area contributed by atoms with Gasteiger partial charge in [-0.2, -0.15) is 0 Å². The van der Waals surface area contributed by atoms with E-state index >= 15 is 0 Å². The molecular weight excluding hydrogens is 459 g/mol. The highest BCUT2D eigenvalue weighted by Crippen LogP contribution is 2.29. The molecule has 1 aliphatic carbocycles. The number of carbonyl (C=O) groups excluding carboxylic acids is 2. The van der Waals surface area contributed by atoms with Crippen molar-refractivity contribution in [3.05, 3.63) is 50.4 Å². The third kappa shape index (κ3) is 6.20. The number of carboxylic acids is 1. The van der Waals surface area contributed by atoms with Crippen molar-refractivity contribution in [2.45, 2.75) is 38.7 Å². The van der Waals surface area contributed by atoms with Gasteiger partial charge in [-0.15, -0.1) is 11.3 Å². The lowest BCUT2D eigenvalue weighted by molar-refractivity contribution is -0.143. The van der Waals surface area contributed by atoms with Gasteiger partial charge in [0.25, 0.3) is 11.8 Å². The Bertz CT molecular complexity index is 985. The number of hydrogen-bond acceptors (Lipinski definition) is 5. The molecule has 32 heavy (non-hydrogen) atoms. The molecule has 0 spiro atoms. The molecule has 0 bridgehead atoms. The van der Waals surface area contributed by atoms with E-state index in [2.05, 4.69) is 10.6 Å². The number of nitrogens with one attached hydrogen (secondary N) is 2. The summed E-state index contributed by atoms with van der Waals surface area (Å²) < 4.78 is 20.7. The van der Waals surface area contributed by atoms with E-state index in [9.17, 15) is 18.8 Å². The lowest BCUT2D eigenvalue weighted by atomic mass is 9.87. The molecule has 1 fully saturated rings. The molecule has 1 saturated carbocycles. The summed E-state index contributed by atoms with van der Waals surface area (Å²) in [5.41, 5.74) is 0.699. The summed E-state index contributed by atoms with van der Waals surface area (Å²) in [4.78, 5) is 35.8. The number of carboxylic acid groups (broad SMARTS) is 1. The largest absolute Gasteiger partial charge is 0.490 e. The van der Waals surface area contributed by atoms with Crippen molar-refractivity contribution in [3.8, 4) is 5.75 Å². The first-order chi connectivity index (χ1) is 15.2. The van der Waals surface area contributed by atoms with Gasteiger partial charge in [0.1, 0.15) is 11.6 Å². The van der Waals surface area contributed by atoms with Crippen molar-refractivity contribution in [2.24, 2.45) is 5.92 Å². The minimum absolute atomic E-state index is 0.126. The number of amides is 2. The van der Waals surface area contributed by atoms with E-state index in [0.717, 1.165) is 11.6 Å². The molecule has 1 aromatic carbocycles. The minimum Gasteiger partial charge on any atom is -0.490 e. The molecule has 1 aliphatic rings. The first-order valence-electron chi connectivity index (χ1n) is 10.3. The van der Waals surface area contributed by atoms with Gasteiger partial charge in [0.15, 0.2) is 0 Å². The summed E-state index contributed by atoms with van der Waals surface area (Å²) in [5, 5.41) is 14.3. The smallest absolute Gasteiger partial charge is 0.306 e. The van der Waals surface area contributed by atoms with Crippen LogP contribution in [0.25, 0.3) is 0 Å². The summed E-state index contributed by atoms with van der Waals surface area (Å²) in [6.45, 7) is 2.12. The van der Waals surface area contributed by atoms with Crippen LogP contribution in [0.1, 0.15) is 51.3 Å². The number of benzene rings is 1. The molecule has 0 saturated heterocycles. The van der Waals surface area contributed by atoms with Crippen LogP contribution in [-0.4, -0.2) is 42.1 Å². The molecule has 2 amide bonds. The van der Waals surface area contributed by atoms with E-state index in [4.69, 9.17) is 21.4 Å². The molecule has 172 valence electrons. The zero-order valence-electron chi connectivity index (χ0n) is 17.5. The second-order valence-corrected chi connectivity index (χ2v) is 9.30. The monoisotopic (exact) mass is 482 g/mol. The van der Waals surface area contributed by atoms with Gasteiger partial charge >= 0.3 is 5.97 Å². The minimum atomic E-state index is -0.796. The Morgan fingerprint density at radius 1 is 1.12 bits per heavy atom. The van der Waals surface area contributed by atoms with Gasteiger partial charge < -0.3 is 20.5 Å². The maximum atomic E-state index is 14.4. The van der Waals surface area contributed by atoms with Crippen LogP contribution in [0.4, 0.5) is 4.39 Å². The lowest BCUT2D eigenvalue weighted by Gasteiger charge is -2.26. The van der Waals surface area contributed by atoms with E-state index in [1.54, 1.807) is 6.07 Å². The highest BCUT2D eigenvalue weighted by Gasteiger charge is 2.27. The topological polar surface area (TPSA) is 105 Å². The molecule has 0 aliphatic heterocycles. The molecule has 0 atom stereocenters. The number of aryl methyl sites for hydroxylation is 1. The van der Waals surface area contributed by atoms with Gasteiger partial charge in [0, 0.05) is 19.2 Å². The van der Waals surface area contributed by atoms with Gasteiger partial charge in [0.05, 0.1) is 26.8 Å². The van der Waals surface area contributed by atoms with Crippen LogP contribution < -0.4 is 15.4 Å². The average Bonchev–Trinajstić information content (AvgIpc) is 3.10. The molecule has 3 rings (SSSR count). The zero-order chi connectivity index (χ0) is 23.3. The van der Waals surface area contributed by atoms with Crippen LogP contribution in [0, 0.1) is 18.7 Å². The standard InChI is InChI=1S/C22H24ClFN2O5S/c1-12-10-18(32-19(12)23)21(28)26-9-8-25-20(27)16-7-6-15(11-17(16)24)31-14-4-2-13(3-5-14)22(29)30/h6-7,10-11,13-14H,2-5,8-9H2,1H3,(H,25,27)(H,26,28)(H,29,30)/t13-,14+. The summed E-state index contributed by atoms with van der Waals surface area (Å²) in [5.74, 6) is -2.45. The van der Waals surface area contributed by atoms with E-state index < -0.39 is 17.7 Å². The SMILES string of the molecule is Cc1cc(C(=O)NCCNC(=O)c2ccc(O[C@H]3CC[C@@H](C(=O)O)CC3)cc2F)sc1Cl. The van der Waals surface area contributed by atoms with E-state index in [0.29, 0.717) is 40.6 Å². The Labute approximate surface area is 193 Å². The summed E-state index contributed by atoms with van der Waals surface area (Å²) >= 11 is 7.14. The van der Waals surface area contributed by atoms with Gasteiger partial charge in [-0.3, -0.25) is 14.4 Å². The van der Waals surface area contributed by atoms with Crippen molar-refractivity contribution >= 4 is 40.7 Å². The maximum absolute atomic E-state index is 14.4. The number of aliphatic carboxylic acids is 1. The molecular formula is C22H24ClFN2O5S. The summed E-state index contributed by atoms with van der Waals surface area (Å²) in [6.07, 6.45) is 2.06. The van der Waals surface area contributed by atoms with Gasteiger partial charge in [-0.25, -0.2) is 4.39 Å². The summed E-state index contributed by atoms with van der Waals surface area (Å²) in [6, 6.07) is 5.71. The van der Waals surface area contributed by atoms with E-state index in [1.165, 1.54) is 23.5 Å². The molecule has 1 aromatic heterocycles. The number of ether oxygens (including phenoxy) is 1. The van der Waals surface area contributed by atoms with Crippen LogP contribution in [-0.2, 0) is 4.79 Å². The number of rotatable bonds is 8. The predicted octanol–water partition coefficient (Wildman–Crippen LogP) is 4.03. The molecule has 1 heterocycles. The second-order valence-electron chi connectivity index (χ2n) is 7.65. The molecule has 0 unspecified atom stereocenters. The highest BCUT2D eigenvalue weighted by atomic mass is 35.5. The fraction of sp³-hybridized carbons (Fsp3) is 0.409. The van der Waals surface area contributed by atoms with Crippen LogP contribution in [0.5, 0.6) is 5.75 Å². The molecule has 7 nitrogen and oxygen atoms in total. The fourth-order valence-electron chi connectivity index (χ4n) is 3.48. The van der Waals surface area contributed by atoms with Crippen molar-refractivity contribution in [3.63, 3.8) is 0 Å². The van der Waals surface area contributed by atoms with Crippen molar-refractivity contribution in [2.75, 3.05) is 13.1 Å². The first-order valence-corrected chi connectivity index (χ1v) is 11.5. The maximum Gasteiger partial charge on any atom is 0.306 e. The molecule has 10 heteroatoms. The second kappa shape index (κ2) is 10.8. The fourth-order valence-corrected chi connectivity index (χ4v) is 4.60. The third-order valence-corrected chi connectivity index (χ3v) is 6.84. The van der Waals surface area contributed by atoms with Gasteiger partial charge in [0.2, 0.25) is 0 Å². The number of halogens is 2. The Morgan fingerprint density at radius 2 is 1.78 bits per heavy atom. The number of thiophene rings is 1. The Hall–Kier alpha value is -2.65. The van der Waals surface area contributed by atoms with Crippen LogP contribution in [0.3, 0.4) is 0 Å². The van der Waals surface area contributed by atoms with Crippen molar-refractivity contribution < 1.29 is 28.6 Å². The predicted molar refractivity (Wildman–Crippen MR) is 119 cm³/mol. The van der Waals surface area contributed by atoms with E-state index in [1.807, 2.05) is 6.92 Å². The Kier molecular flexibility index (Phi) is 8.09.